The molecule has 7 heteroatoms. The number of imide groups is 1. The van der Waals surface area contributed by atoms with Crippen LogP contribution in [-0.2, 0) is 9.59 Å². The minimum absolute atomic E-state index is 0.246. The molecule has 0 aliphatic carbocycles. The summed E-state index contributed by atoms with van der Waals surface area (Å²) in [5.41, 5.74) is 0.841. The zero-order chi connectivity index (χ0) is 16.8. The van der Waals surface area contributed by atoms with Gasteiger partial charge in [0.15, 0.2) is 0 Å². The lowest BCUT2D eigenvalue weighted by Gasteiger charge is -2.14. The molecule has 122 valence electrons. The Bertz CT molecular complexity index is 629. The first-order valence-electron chi connectivity index (χ1n) is 7.19. The fourth-order valence-electron chi connectivity index (χ4n) is 1.96. The zero-order valence-corrected chi connectivity index (χ0v) is 13.9. The van der Waals surface area contributed by atoms with Gasteiger partial charge >= 0.3 is 0 Å². The second-order valence-corrected chi connectivity index (χ2v) is 6.32. The van der Waals surface area contributed by atoms with Crippen molar-refractivity contribution in [2.24, 2.45) is 0 Å². The van der Waals surface area contributed by atoms with Crippen molar-refractivity contribution in [2.75, 3.05) is 33.7 Å². The van der Waals surface area contributed by atoms with Gasteiger partial charge in [-0.1, -0.05) is 30.3 Å². The Morgan fingerprint density at radius 3 is 2.61 bits per heavy atom. The Morgan fingerprint density at radius 1 is 1.26 bits per heavy atom. The first-order chi connectivity index (χ1) is 11.0. The predicted octanol–water partition coefficient (Wildman–Crippen LogP) is 1.40. The summed E-state index contributed by atoms with van der Waals surface area (Å²) in [5.74, 6) is -0.762. The van der Waals surface area contributed by atoms with Crippen LogP contribution in [0.2, 0.25) is 0 Å². The monoisotopic (exact) mass is 333 g/mol. The fourth-order valence-corrected chi connectivity index (χ4v) is 2.79. The number of carbonyl (C=O) groups is 3. The molecule has 1 fully saturated rings. The zero-order valence-electron chi connectivity index (χ0n) is 13.1. The van der Waals surface area contributed by atoms with Crippen LogP contribution in [0.25, 0.3) is 6.08 Å². The fraction of sp³-hybridized carbons (Fsp3) is 0.312. The summed E-state index contributed by atoms with van der Waals surface area (Å²) in [4.78, 5) is 39.3. The average Bonchev–Trinajstić information content (AvgIpc) is 2.75. The summed E-state index contributed by atoms with van der Waals surface area (Å²) in [7, 11) is 3.80. The maximum atomic E-state index is 12.3. The summed E-state index contributed by atoms with van der Waals surface area (Å²) < 4.78 is 0. The van der Waals surface area contributed by atoms with Crippen LogP contribution in [0.15, 0.2) is 35.2 Å². The van der Waals surface area contributed by atoms with Crippen LogP contribution in [0, 0.1) is 0 Å². The van der Waals surface area contributed by atoms with E-state index in [0.29, 0.717) is 18.0 Å². The van der Waals surface area contributed by atoms with Crippen molar-refractivity contribution in [3.05, 3.63) is 40.8 Å². The lowest BCUT2D eigenvalue weighted by atomic mass is 10.2. The summed E-state index contributed by atoms with van der Waals surface area (Å²) >= 11 is 0.858. The van der Waals surface area contributed by atoms with E-state index in [1.807, 2.05) is 49.3 Å². The maximum Gasteiger partial charge on any atom is 0.294 e. The molecule has 1 aromatic carbocycles. The van der Waals surface area contributed by atoms with Gasteiger partial charge in [-0.15, -0.1) is 0 Å². The summed E-state index contributed by atoms with van der Waals surface area (Å²) in [6.45, 7) is 0.924. The Morgan fingerprint density at radius 2 is 1.96 bits per heavy atom. The quantitative estimate of drug-likeness (QED) is 0.797. The number of amides is 3. The van der Waals surface area contributed by atoms with E-state index < -0.39 is 11.1 Å². The van der Waals surface area contributed by atoms with Crippen LogP contribution in [0.1, 0.15) is 5.56 Å². The van der Waals surface area contributed by atoms with Crippen LogP contribution in [0.5, 0.6) is 0 Å². The third-order valence-electron chi connectivity index (χ3n) is 3.15. The van der Waals surface area contributed by atoms with Crippen LogP contribution >= 0.6 is 11.8 Å². The molecule has 1 aliphatic rings. The minimum Gasteiger partial charge on any atom is -0.353 e. The molecule has 0 bridgehead atoms. The van der Waals surface area contributed by atoms with Crippen molar-refractivity contribution < 1.29 is 14.4 Å². The van der Waals surface area contributed by atoms with Gasteiger partial charge in [-0.05, 0) is 37.5 Å². The van der Waals surface area contributed by atoms with Crippen molar-refractivity contribution in [1.82, 2.24) is 15.1 Å². The molecule has 1 aliphatic heterocycles. The molecule has 1 N–H and O–H groups in total. The van der Waals surface area contributed by atoms with Gasteiger partial charge in [0.1, 0.15) is 6.54 Å². The number of likely N-dealkylation sites (N-methyl/N-ethyl adjacent to an activating group) is 1. The van der Waals surface area contributed by atoms with Gasteiger partial charge in [0, 0.05) is 13.1 Å². The highest BCUT2D eigenvalue weighted by molar-refractivity contribution is 8.18. The average molecular weight is 333 g/mol. The number of nitrogens with one attached hydrogen (secondary N) is 1. The molecule has 6 nitrogen and oxygen atoms in total. The molecule has 0 saturated carbocycles. The molecule has 1 heterocycles. The van der Waals surface area contributed by atoms with E-state index in [1.165, 1.54) is 0 Å². The highest BCUT2D eigenvalue weighted by atomic mass is 32.2. The van der Waals surface area contributed by atoms with Crippen LogP contribution in [0.4, 0.5) is 4.79 Å². The van der Waals surface area contributed by atoms with Crippen LogP contribution in [0.3, 0.4) is 0 Å². The third kappa shape index (κ3) is 4.94. The molecule has 0 aromatic heterocycles. The molecule has 23 heavy (non-hydrogen) atoms. The number of thioether (sulfide) groups is 1. The van der Waals surface area contributed by atoms with E-state index in [9.17, 15) is 14.4 Å². The van der Waals surface area contributed by atoms with E-state index in [-0.39, 0.29) is 12.5 Å². The smallest absolute Gasteiger partial charge is 0.294 e. The van der Waals surface area contributed by atoms with E-state index in [0.717, 1.165) is 22.2 Å². The molecular formula is C16H19N3O3S. The van der Waals surface area contributed by atoms with Crippen molar-refractivity contribution in [1.29, 1.82) is 0 Å². The van der Waals surface area contributed by atoms with E-state index >= 15 is 0 Å². The minimum atomic E-state index is -0.424. The number of carbonyl (C=O) groups excluding carboxylic acids is 3. The summed E-state index contributed by atoms with van der Waals surface area (Å²) in [6, 6.07) is 9.29. The second-order valence-electron chi connectivity index (χ2n) is 5.33. The molecule has 0 spiro atoms. The lowest BCUT2D eigenvalue weighted by molar-refractivity contribution is -0.129. The van der Waals surface area contributed by atoms with Crippen molar-refractivity contribution >= 4 is 34.9 Å². The van der Waals surface area contributed by atoms with Crippen molar-refractivity contribution in [2.45, 2.75) is 0 Å². The lowest BCUT2D eigenvalue weighted by Crippen LogP contribution is -2.41. The first-order valence-corrected chi connectivity index (χ1v) is 8.01. The molecular weight excluding hydrogens is 314 g/mol. The number of nitrogens with zero attached hydrogens (tertiary/aromatic N) is 2. The standard InChI is InChI=1S/C16H19N3O3S/c1-18(2)9-8-17-14(20)11-19-15(21)13(23-16(19)22)10-12-6-4-3-5-7-12/h3-7,10H,8-9,11H2,1-2H3,(H,17,20)/b13-10-. The molecule has 0 atom stereocenters. The van der Waals surface area contributed by atoms with E-state index in [4.69, 9.17) is 0 Å². The third-order valence-corrected chi connectivity index (χ3v) is 4.06. The Labute approximate surface area is 139 Å². The van der Waals surface area contributed by atoms with Gasteiger partial charge in [0.25, 0.3) is 11.1 Å². The summed E-state index contributed by atoms with van der Waals surface area (Å²) in [6.07, 6.45) is 1.66. The van der Waals surface area contributed by atoms with Crippen molar-refractivity contribution in [3.8, 4) is 0 Å². The Kier molecular flexibility index (Phi) is 5.95. The Hall–Kier alpha value is -2.12. The highest BCUT2D eigenvalue weighted by Crippen LogP contribution is 2.31. The van der Waals surface area contributed by atoms with Gasteiger partial charge in [-0.2, -0.15) is 0 Å². The SMILES string of the molecule is CN(C)CCNC(=O)CN1C(=O)S/C(=C\c2ccccc2)C1=O. The van der Waals surface area contributed by atoms with E-state index in [1.54, 1.807) is 6.08 Å². The molecule has 3 amide bonds. The van der Waals surface area contributed by atoms with E-state index in [2.05, 4.69) is 5.32 Å². The van der Waals surface area contributed by atoms with Crippen LogP contribution < -0.4 is 5.32 Å². The molecule has 1 aromatic rings. The number of hydrogen-bond donors (Lipinski definition) is 1. The van der Waals surface area contributed by atoms with Gasteiger partial charge in [0.05, 0.1) is 4.91 Å². The van der Waals surface area contributed by atoms with Crippen molar-refractivity contribution in [3.63, 3.8) is 0 Å². The first kappa shape index (κ1) is 17.2. The highest BCUT2D eigenvalue weighted by Gasteiger charge is 2.36. The maximum absolute atomic E-state index is 12.3. The Balaban J connectivity index is 1.96. The molecule has 0 unspecified atom stereocenters. The predicted molar refractivity (Wildman–Crippen MR) is 90.7 cm³/mol. The second kappa shape index (κ2) is 7.94. The number of hydrogen-bond acceptors (Lipinski definition) is 5. The molecule has 0 radical (unpaired) electrons. The van der Waals surface area contributed by atoms with Gasteiger partial charge < -0.3 is 10.2 Å². The molecule has 1 saturated heterocycles. The number of rotatable bonds is 6. The van der Waals surface area contributed by atoms with Gasteiger partial charge in [-0.25, -0.2) is 0 Å². The molecule has 2 rings (SSSR count). The largest absolute Gasteiger partial charge is 0.353 e. The van der Waals surface area contributed by atoms with Gasteiger partial charge in [-0.3, -0.25) is 19.3 Å². The van der Waals surface area contributed by atoms with Gasteiger partial charge in [0.2, 0.25) is 5.91 Å². The summed E-state index contributed by atoms with van der Waals surface area (Å²) in [5, 5.41) is 2.27. The topological polar surface area (TPSA) is 69.7 Å². The normalized spacial score (nSPS) is 16.5. The van der Waals surface area contributed by atoms with Crippen LogP contribution in [-0.4, -0.2) is 60.6 Å². The number of benzene rings is 1.